The first kappa shape index (κ1) is 19.6. The summed E-state index contributed by atoms with van der Waals surface area (Å²) in [6.07, 6.45) is 3.35. The number of aromatic nitrogens is 1. The van der Waals surface area contributed by atoms with Gasteiger partial charge in [0.1, 0.15) is 6.54 Å². The number of ether oxygens (including phenoxy) is 1. The highest BCUT2D eigenvalue weighted by Gasteiger charge is 2.31. The smallest absolute Gasteiger partial charge is 0.420 e. The number of nitrogens with zero attached hydrogens (tertiary/aromatic N) is 2. The van der Waals surface area contributed by atoms with Crippen molar-refractivity contribution in [1.29, 1.82) is 0 Å². The largest absolute Gasteiger partial charge is 0.464 e. The first-order valence-corrected chi connectivity index (χ1v) is 10.6. The van der Waals surface area contributed by atoms with Crippen LogP contribution in [0.25, 0.3) is 11.1 Å². The number of piperidine rings is 1. The maximum absolute atomic E-state index is 13.0. The molecule has 0 amide bonds. The van der Waals surface area contributed by atoms with Gasteiger partial charge in [-0.2, -0.15) is 4.31 Å². The Kier molecular flexibility index (Phi) is 5.71. The lowest BCUT2D eigenvalue weighted by atomic mass is 10.1. The number of rotatable bonds is 6. The minimum absolute atomic E-state index is 0.0654. The van der Waals surface area contributed by atoms with E-state index in [1.807, 2.05) is 13.8 Å². The van der Waals surface area contributed by atoms with Crippen LogP contribution in [-0.4, -0.2) is 42.5 Å². The van der Waals surface area contributed by atoms with Crippen LogP contribution in [0.3, 0.4) is 0 Å². The first-order valence-electron chi connectivity index (χ1n) is 9.15. The SMILES string of the molecule is CCCOC(=O)Cn1c(=O)oc2cc(S(=O)(=O)N3CCCC[C@@H]3C)ccc21. The van der Waals surface area contributed by atoms with Crippen LogP contribution in [0.15, 0.2) is 32.3 Å². The van der Waals surface area contributed by atoms with E-state index in [1.54, 1.807) is 0 Å². The predicted octanol–water partition coefficient (Wildman–Crippen LogP) is 2.11. The summed E-state index contributed by atoms with van der Waals surface area (Å²) in [6.45, 7) is 4.25. The van der Waals surface area contributed by atoms with Crippen LogP contribution < -0.4 is 5.76 Å². The second-order valence-corrected chi connectivity index (χ2v) is 8.66. The van der Waals surface area contributed by atoms with Gasteiger partial charge in [-0.3, -0.25) is 9.36 Å². The zero-order valence-corrected chi connectivity index (χ0v) is 16.3. The van der Waals surface area contributed by atoms with Crippen molar-refractivity contribution in [3.8, 4) is 0 Å². The van der Waals surface area contributed by atoms with Gasteiger partial charge in [-0.15, -0.1) is 0 Å². The molecule has 0 bridgehead atoms. The van der Waals surface area contributed by atoms with Gasteiger partial charge in [0, 0.05) is 18.7 Å². The minimum Gasteiger partial charge on any atom is -0.464 e. The molecule has 0 saturated carbocycles. The summed E-state index contributed by atoms with van der Waals surface area (Å²) in [6, 6.07) is 4.22. The minimum atomic E-state index is -3.67. The zero-order valence-electron chi connectivity index (χ0n) is 15.5. The van der Waals surface area contributed by atoms with E-state index in [1.165, 1.54) is 22.5 Å². The van der Waals surface area contributed by atoms with Crippen LogP contribution in [0, 0.1) is 0 Å². The summed E-state index contributed by atoms with van der Waals surface area (Å²) in [4.78, 5) is 24.0. The zero-order chi connectivity index (χ0) is 19.6. The normalized spacial score (nSPS) is 18.7. The standard InChI is InChI=1S/C18H24N2O6S/c1-3-10-25-17(21)12-19-15-8-7-14(11-16(15)26-18(19)22)27(23,24)20-9-5-4-6-13(20)2/h7-8,11,13H,3-6,9-10,12H2,1-2H3/t13-/m0/s1. The van der Waals surface area contributed by atoms with Gasteiger partial charge in [-0.25, -0.2) is 13.2 Å². The fraction of sp³-hybridized carbons (Fsp3) is 0.556. The van der Waals surface area contributed by atoms with Crippen molar-refractivity contribution >= 4 is 27.1 Å². The predicted molar refractivity (Wildman–Crippen MR) is 98.9 cm³/mol. The number of fused-ring (bicyclic) bond motifs is 1. The molecule has 0 spiro atoms. The van der Waals surface area contributed by atoms with Gasteiger partial charge in [-0.05, 0) is 38.3 Å². The van der Waals surface area contributed by atoms with Crippen LogP contribution in [0.1, 0.15) is 39.5 Å². The van der Waals surface area contributed by atoms with E-state index in [0.717, 1.165) is 23.8 Å². The van der Waals surface area contributed by atoms with Gasteiger partial charge in [-0.1, -0.05) is 13.3 Å². The molecule has 1 atom stereocenters. The number of sulfonamides is 1. The number of hydrogen-bond acceptors (Lipinski definition) is 6. The second-order valence-electron chi connectivity index (χ2n) is 6.76. The van der Waals surface area contributed by atoms with Crippen molar-refractivity contribution in [3.63, 3.8) is 0 Å². The van der Waals surface area contributed by atoms with Gasteiger partial charge >= 0.3 is 11.7 Å². The van der Waals surface area contributed by atoms with Crippen LogP contribution in [0.2, 0.25) is 0 Å². The summed E-state index contributed by atoms with van der Waals surface area (Å²) < 4.78 is 38.7. The molecular weight excluding hydrogens is 372 g/mol. The average Bonchev–Trinajstić information content (AvgIpc) is 2.95. The molecule has 148 valence electrons. The van der Waals surface area contributed by atoms with E-state index < -0.39 is 21.7 Å². The highest BCUT2D eigenvalue weighted by atomic mass is 32.2. The Hall–Kier alpha value is -2.13. The van der Waals surface area contributed by atoms with Crippen molar-refractivity contribution in [3.05, 3.63) is 28.7 Å². The van der Waals surface area contributed by atoms with Gasteiger partial charge < -0.3 is 9.15 Å². The van der Waals surface area contributed by atoms with Gasteiger partial charge in [0.05, 0.1) is 17.0 Å². The van der Waals surface area contributed by atoms with Crippen molar-refractivity contribution in [1.82, 2.24) is 8.87 Å². The molecule has 2 aromatic rings. The number of oxazole rings is 1. The molecule has 1 saturated heterocycles. The maximum atomic E-state index is 13.0. The lowest BCUT2D eigenvalue weighted by Gasteiger charge is -2.32. The Labute approximate surface area is 157 Å². The summed E-state index contributed by atoms with van der Waals surface area (Å²) in [5.74, 6) is -1.26. The molecule has 1 aliphatic heterocycles. The number of esters is 1. The fourth-order valence-electron chi connectivity index (χ4n) is 3.31. The second kappa shape index (κ2) is 7.85. The third-order valence-electron chi connectivity index (χ3n) is 4.74. The van der Waals surface area contributed by atoms with E-state index in [9.17, 15) is 18.0 Å². The molecule has 2 heterocycles. The van der Waals surface area contributed by atoms with E-state index >= 15 is 0 Å². The maximum Gasteiger partial charge on any atom is 0.420 e. The summed E-state index contributed by atoms with van der Waals surface area (Å²) in [5.41, 5.74) is 0.494. The molecule has 9 heteroatoms. The molecule has 0 radical (unpaired) electrons. The van der Waals surface area contributed by atoms with E-state index in [2.05, 4.69) is 0 Å². The molecule has 27 heavy (non-hydrogen) atoms. The molecule has 1 aromatic heterocycles. The van der Waals surface area contributed by atoms with Crippen molar-refractivity contribution in [2.24, 2.45) is 0 Å². The molecular formula is C18H24N2O6S. The van der Waals surface area contributed by atoms with E-state index in [4.69, 9.17) is 9.15 Å². The quantitative estimate of drug-likeness (QED) is 0.694. The summed E-state index contributed by atoms with van der Waals surface area (Å²) in [7, 11) is -3.67. The Morgan fingerprint density at radius 1 is 1.33 bits per heavy atom. The molecule has 0 unspecified atom stereocenters. The molecule has 1 fully saturated rings. The number of benzene rings is 1. The summed E-state index contributed by atoms with van der Waals surface area (Å²) >= 11 is 0. The molecule has 3 rings (SSSR count). The lowest BCUT2D eigenvalue weighted by molar-refractivity contribution is -0.144. The molecule has 1 aliphatic rings. The van der Waals surface area contributed by atoms with Gasteiger partial charge in [0.25, 0.3) is 0 Å². The Bertz CT molecular complexity index is 991. The highest BCUT2D eigenvalue weighted by Crippen LogP contribution is 2.27. The fourth-order valence-corrected chi connectivity index (χ4v) is 5.03. The number of carbonyl (C=O) groups excluding carboxylic acids is 1. The van der Waals surface area contributed by atoms with Crippen LogP contribution in [0.5, 0.6) is 0 Å². The lowest BCUT2D eigenvalue weighted by Crippen LogP contribution is -2.41. The topological polar surface area (TPSA) is 98.8 Å². The van der Waals surface area contributed by atoms with E-state index in [-0.39, 0.29) is 29.7 Å². The van der Waals surface area contributed by atoms with Crippen LogP contribution in [0.4, 0.5) is 0 Å². The monoisotopic (exact) mass is 396 g/mol. The Balaban J connectivity index is 1.92. The Morgan fingerprint density at radius 2 is 2.11 bits per heavy atom. The number of carbonyl (C=O) groups is 1. The van der Waals surface area contributed by atoms with Crippen LogP contribution in [-0.2, 0) is 26.1 Å². The van der Waals surface area contributed by atoms with Gasteiger partial charge in [0.15, 0.2) is 5.58 Å². The average molecular weight is 396 g/mol. The molecule has 1 aromatic carbocycles. The summed E-state index contributed by atoms with van der Waals surface area (Å²) in [5, 5.41) is 0. The third-order valence-corrected chi connectivity index (χ3v) is 6.75. The molecule has 0 aliphatic carbocycles. The third kappa shape index (κ3) is 3.93. The van der Waals surface area contributed by atoms with Crippen LogP contribution >= 0.6 is 0 Å². The first-order chi connectivity index (χ1) is 12.8. The highest BCUT2D eigenvalue weighted by molar-refractivity contribution is 7.89. The van der Waals surface area contributed by atoms with Crippen molar-refractivity contribution in [2.75, 3.05) is 13.2 Å². The van der Waals surface area contributed by atoms with E-state index in [0.29, 0.717) is 18.5 Å². The van der Waals surface area contributed by atoms with Gasteiger partial charge in [0.2, 0.25) is 10.0 Å². The van der Waals surface area contributed by atoms with Crippen molar-refractivity contribution in [2.45, 2.75) is 57.0 Å². The molecule has 8 nitrogen and oxygen atoms in total. The number of hydrogen-bond donors (Lipinski definition) is 0. The molecule has 0 N–H and O–H groups in total. The van der Waals surface area contributed by atoms with Crippen molar-refractivity contribution < 1.29 is 22.4 Å². The Morgan fingerprint density at radius 3 is 2.81 bits per heavy atom.